The zero-order valence-corrected chi connectivity index (χ0v) is 9.68. The Bertz CT molecular complexity index is 495. The first-order valence-corrected chi connectivity index (χ1v) is 5.60. The molecule has 0 saturated carbocycles. The molecule has 0 saturated heterocycles. The summed E-state index contributed by atoms with van der Waals surface area (Å²) in [4.78, 5) is 3.97. The van der Waals surface area contributed by atoms with E-state index in [2.05, 4.69) is 17.0 Å². The van der Waals surface area contributed by atoms with Crippen LogP contribution >= 0.6 is 0 Å². The summed E-state index contributed by atoms with van der Waals surface area (Å²) in [5, 5.41) is 4.17. The first kappa shape index (κ1) is 11.7. The fourth-order valence-electron chi connectivity index (χ4n) is 1.68. The molecule has 2 heterocycles. The van der Waals surface area contributed by atoms with Crippen LogP contribution in [0.15, 0.2) is 30.7 Å². The lowest BCUT2D eigenvalue weighted by atomic mass is 10.1. The van der Waals surface area contributed by atoms with Crippen molar-refractivity contribution >= 4 is 0 Å². The van der Waals surface area contributed by atoms with Crippen molar-refractivity contribution < 1.29 is 4.39 Å². The Hall–Kier alpha value is -1.75. The predicted molar refractivity (Wildman–Crippen MR) is 62.7 cm³/mol. The number of hydrogen-bond acceptors (Lipinski definition) is 3. The van der Waals surface area contributed by atoms with Gasteiger partial charge in [-0.3, -0.25) is 9.67 Å². The van der Waals surface area contributed by atoms with Gasteiger partial charge in [0.1, 0.15) is 5.82 Å². The van der Waals surface area contributed by atoms with Crippen molar-refractivity contribution in [3.05, 3.63) is 47.8 Å². The van der Waals surface area contributed by atoms with Gasteiger partial charge < -0.3 is 5.73 Å². The van der Waals surface area contributed by atoms with Crippen LogP contribution in [-0.2, 0) is 6.54 Å². The van der Waals surface area contributed by atoms with Gasteiger partial charge in [-0.25, -0.2) is 4.39 Å². The van der Waals surface area contributed by atoms with Gasteiger partial charge in [0.05, 0.1) is 17.9 Å². The molecule has 1 atom stereocenters. The van der Waals surface area contributed by atoms with Crippen LogP contribution < -0.4 is 5.73 Å². The van der Waals surface area contributed by atoms with Gasteiger partial charge in [-0.2, -0.15) is 5.10 Å². The molecule has 2 aromatic heterocycles. The summed E-state index contributed by atoms with van der Waals surface area (Å²) in [6, 6.07) is 2.34. The van der Waals surface area contributed by atoms with E-state index in [1.807, 2.05) is 6.20 Å². The van der Waals surface area contributed by atoms with Crippen molar-refractivity contribution in [1.82, 2.24) is 14.8 Å². The SMILES string of the molecule is CCCn1cc(C(N)c2ncccc2F)cn1. The molecule has 0 aliphatic rings. The Labute approximate surface area is 99.3 Å². The molecule has 2 aromatic rings. The molecule has 90 valence electrons. The van der Waals surface area contributed by atoms with Crippen molar-refractivity contribution in [2.45, 2.75) is 25.9 Å². The normalized spacial score (nSPS) is 12.6. The molecule has 0 aliphatic carbocycles. The van der Waals surface area contributed by atoms with Gasteiger partial charge in [0.2, 0.25) is 0 Å². The minimum Gasteiger partial charge on any atom is -0.319 e. The number of hydrogen-bond donors (Lipinski definition) is 1. The fraction of sp³-hybridized carbons (Fsp3) is 0.333. The standard InChI is InChI=1S/C12H15FN4/c1-2-6-17-8-9(7-16-17)11(14)12-10(13)4-3-5-15-12/h3-5,7-8,11H,2,6,14H2,1H3. The van der Waals surface area contributed by atoms with Crippen LogP contribution in [0.25, 0.3) is 0 Å². The number of rotatable bonds is 4. The number of aryl methyl sites for hydroxylation is 1. The Morgan fingerprint density at radius 3 is 3.06 bits per heavy atom. The Balaban J connectivity index is 2.24. The molecule has 0 bridgehead atoms. The van der Waals surface area contributed by atoms with E-state index in [-0.39, 0.29) is 11.5 Å². The van der Waals surface area contributed by atoms with Crippen LogP contribution in [0.5, 0.6) is 0 Å². The van der Waals surface area contributed by atoms with E-state index in [0.29, 0.717) is 0 Å². The largest absolute Gasteiger partial charge is 0.319 e. The smallest absolute Gasteiger partial charge is 0.146 e. The second-order valence-electron chi connectivity index (χ2n) is 3.88. The number of aromatic nitrogens is 3. The van der Waals surface area contributed by atoms with Gasteiger partial charge in [-0.1, -0.05) is 6.92 Å². The van der Waals surface area contributed by atoms with Gasteiger partial charge in [0.15, 0.2) is 0 Å². The number of halogens is 1. The molecule has 0 radical (unpaired) electrons. The molecule has 4 nitrogen and oxygen atoms in total. The lowest BCUT2D eigenvalue weighted by Crippen LogP contribution is -2.14. The highest BCUT2D eigenvalue weighted by Gasteiger charge is 2.16. The second kappa shape index (κ2) is 5.05. The lowest BCUT2D eigenvalue weighted by molar-refractivity contribution is 0.584. The zero-order valence-electron chi connectivity index (χ0n) is 9.68. The molecule has 1 unspecified atom stereocenters. The highest BCUT2D eigenvalue weighted by atomic mass is 19.1. The average molecular weight is 234 g/mol. The fourth-order valence-corrected chi connectivity index (χ4v) is 1.68. The molecule has 2 N–H and O–H groups in total. The van der Waals surface area contributed by atoms with E-state index < -0.39 is 6.04 Å². The zero-order chi connectivity index (χ0) is 12.3. The van der Waals surface area contributed by atoms with Crippen molar-refractivity contribution in [3.63, 3.8) is 0 Å². The van der Waals surface area contributed by atoms with E-state index >= 15 is 0 Å². The molecule has 0 amide bonds. The summed E-state index contributed by atoms with van der Waals surface area (Å²) in [7, 11) is 0. The van der Waals surface area contributed by atoms with Gasteiger partial charge in [-0.15, -0.1) is 0 Å². The monoisotopic (exact) mass is 234 g/mol. The van der Waals surface area contributed by atoms with Gasteiger partial charge in [0, 0.05) is 24.5 Å². The van der Waals surface area contributed by atoms with Crippen LogP contribution in [0.4, 0.5) is 4.39 Å². The molecule has 5 heteroatoms. The van der Waals surface area contributed by atoms with Crippen LogP contribution in [-0.4, -0.2) is 14.8 Å². The molecule has 0 spiro atoms. The quantitative estimate of drug-likeness (QED) is 0.878. The summed E-state index contributed by atoms with van der Waals surface area (Å²) in [5.74, 6) is -0.386. The van der Waals surface area contributed by atoms with E-state index in [1.54, 1.807) is 16.9 Å². The van der Waals surface area contributed by atoms with E-state index in [9.17, 15) is 4.39 Å². The van der Waals surface area contributed by atoms with Crippen molar-refractivity contribution in [3.8, 4) is 0 Å². The molecular weight excluding hydrogens is 219 g/mol. The van der Waals surface area contributed by atoms with Crippen LogP contribution in [0.1, 0.15) is 30.6 Å². The van der Waals surface area contributed by atoms with E-state index in [1.165, 1.54) is 12.3 Å². The topological polar surface area (TPSA) is 56.7 Å². The van der Waals surface area contributed by atoms with Gasteiger partial charge >= 0.3 is 0 Å². The number of nitrogens with two attached hydrogens (primary N) is 1. The second-order valence-corrected chi connectivity index (χ2v) is 3.88. The summed E-state index contributed by atoms with van der Waals surface area (Å²) in [6.45, 7) is 2.90. The first-order valence-electron chi connectivity index (χ1n) is 5.60. The molecular formula is C12H15FN4. The van der Waals surface area contributed by atoms with Crippen molar-refractivity contribution in [2.24, 2.45) is 5.73 Å². The average Bonchev–Trinajstić information content (AvgIpc) is 2.78. The third kappa shape index (κ3) is 2.50. The van der Waals surface area contributed by atoms with Crippen molar-refractivity contribution in [1.29, 1.82) is 0 Å². The molecule has 2 rings (SSSR count). The summed E-state index contributed by atoms with van der Waals surface area (Å²) in [6.07, 6.45) is 6.03. The molecule has 0 aromatic carbocycles. The summed E-state index contributed by atoms with van der Waals surface area (Å²) < 4.78 is 15.3. The van der Waals surface area contributed by atoms with Crippen molar-refractivity contribution in [2.75, 3.05) is 0 Å². The maximum atomic E-state index is 13.5. The maximum Gasteiger partial charge on any atom is 0.146 e. The molecule has 0 fully saturated rings. The van der Waals surface area contributed by atoms with E-state index in [0.717, 1.165) is 18.5 Å². The lowest BCUT2D eigenvalue weighted by Gasteiger charge is -2.09. The number of pyridine rings is 1. The highest BCUT2D eigenvalue weighted by molar-refractivity contribution is 5.23. The van der Waals surface area contributed by atoms with Crippen LogP contribution in [0.3, 0.4) is 0 Å². The Morgan fingerprint density at radius 1 is 1.53 bits per heavy atom. The maximum absolute atomic E-state index is 13.5. The summed E-state index contributed by atoms with van der Waals surface area (Å²) >= 11 is 0. The molecule has 17 heavy (non-hydrogen) atoms. The summed E-state index contributed by atoms with van der Waals surface area (Å²) in [5.41, 5.74) is 7.00. The highest BCUT2D eigenvalue weighted by Crippen LogP contribution is 2.19. The molecule has 0 aliphatic heterocycles. The van der Waals surface area contributed by atoms with Gasteiger partial charge in [-0.05, 0) is 18.6 Å². The van der Waals surface area contributed by atoms with E-state index in [4.69, 9.17) is 5.73 Å². The Kier molecular flexibility index (Phi) is 3.49. The minimum atomic E-state index is -0.568. The Morgan fingerprint density at radius 2 is 2.35 bits per heavy atom. The van der Waals surface area contributed by atoms with Crippen LogP contribution in [0, 0.1) is 5.82 Å². The number of nitrogens with zero attached hydrogens (tertiary/aromatic N) is 3. The van der Waals surface area contributed by atoms with Gasteiger partial charge in [0.25, 0.3) is 0 Å². The minimum absolute atomic E-state index is 0.253. The first-order chi connectivity index (χ1) is 8.22. The third-order valence-electron chi connectivity index (χ3n) is 2.55. The third-order valence-corrected chi connectivity index (χ3v) is 2.55. The predicted octanol–water partition coefficient (Wildman–Crippen LogP) is 1.88. The van der Waals surface area contributed by atoms with Crippen LogP contribution in [0.2, 0.25) is 0 Å².